The van der Waals surface area contributed by atoms with Crippen LogP contribution >= 0.6 is 0 Å². The van der Waals surface area contributed by atoms with Crippen molar-refractivity contribution in [1.82, 2.24) is 4.31 Å². The van der Waals surface area contributed by atoms with Gasteiger partial charge in [0, 0.05) is 18.8 Å². The largest absolute Gasteiger partial charge is 0.280 e. The van der Waals surface area contributed by atoms with E-state index in [0.29, 0.717) is 17.5 Å². The predicted octanol–water partition coefficient (Wildman–Crippen LogP) is 3.82. The molecule has 0 aliphatic carbocycles. The number of sulfonamides is 2. The van der Waals surface area contributed by atoms with Crippen LogP contribution in [0.25, 0.3) is 0 Å². The molecule has 3 aromatic rings. The Labute approximate surface area is 185 Å². The molecule has 6 nitrogen and oxygen atoms in total. The first-order valence-corrected chi connectivity index (χ1v) is 12.6. The molecule has 1 N–H and O–H groups in total. The molecule has 10 heteroatoms. The normalized spacial score (nSPS) is 14.7. The highest BCUT2D eigenvalue weighted by molar-refractivity contribution is 7.92. The Kier molecular flexibility index (Phi) is 5.78. The Bertz CT molecular complexity index is 1390. The van der Waals surface area contributed by atoms with Gasteiger partial charge in [-0.15, -0.1) is 0 Å². The van der Waals surface area contributed by atoms with E-state index in [9.17, 15) is 25.6 Å². The van der Waals surface area contributed by atoms with Gasteiger partial charge in [-0.1, -0.05) is 12.1 Å². The highest BCUT2D eigenvalue weighted by Gasteiger charge is 2.29. The Morgan fingerprint density at radius 3 is 2.25 bits per heavy atom. The van der Waals surface area contributed by atoms with Gasteiger partial charge in [0.25, 0.3) is 10.0 Å². The molecule has 0 spiro atoms. The van der Waals surface area contributed by atoms with Crippen molar-refractivity contribution in [2.75, 3.05) is 11.3 Å². The van der Waals surface area contributed by atoms with E-state index in [1.807, 2.05) is 0 Å². The lowest BCUT2D eigenvalue weighted by molar-refractivity contribution is 0.391. The summed E-state index contributed by atoms with van der Waals surface area (Å²) >= 11 is 0. The topological polar surface area (TPSA) is 83.6 Å². The van der Waals surface area contributed by atoms with Gasteiger partial charge < -0.3 is 0 Å². The van der Waals surface area contributed by atoms with Crippen LogP contribution in [-0.4, -0.2) is 27.7 Å². The average molecular weight is 479 g/mol. The van der Waals surface area contributed by atoms with Gasteiger partial charge in [-0.3, -0.25) is 4.72 Å². The molecule has 0 saturated carbocycles. The fraction of sp³-hybridized carbons (Fsp3) is 0.182. The average Bonchev–Trinajstić information content (AvgIpc) is 2.75. The summed E-state index contributed by atoms with van der Waals surface area (Å²) in [6.07, 6.45) is 0.450. The first kappa shape index (κ1) is 22.4. The molecule has 0 amide bonds. The van der Waals surface area contributed by atoms with Crippen LogP contribution in [0.4, 0.5) is 14.5 Å². The van der Waals surface area contributed by atoms with Crippen molar-refractivity contribution in [3.05, 3.63) is 89.0 Å². The van der Waals surface area contributed by atoms with Crippen molar-refractivity contribution in [3.63, 3.8) is 0 Å². The first-order valence-electron chi connectivity index (χ1n) is 9.73. The van der Waals surface area contributed by atoms with Gasteiger partial charge in [0.05, 0.1) is 9.79 Å². The SMILES string of the molecule is Cc1ccc(F)cc1S(=O)(=O)Nc1ccc2c(c1)CN(S(=O)(=O)c1ccc(F)cc1)CC2. The molecule has 0 bridgehead atoms. The van der Waals surface area contributed by atoms with Crippen LogP contribution in [0, 0.1) is 18.6 Å². The van der Waals surface area contributed by atoms with Crippen molar-refractivity contribution in [2.45, 2.75) is 29.7 Å². The van der Waals surface area contributed by atoms with E-state index in [1.54, 1.807) is 25.1 Å². The molecule has 0 atom stereocenters. The van der Waals surface area contributed by atoms with E-state index in [4.69, 9.17) is 0 Å². The van der Waals surface area contributed by atoms with Crippen LogP contribution in [-0.2, 0) is 33.0 Å². The summed E-state index contributed by atoms with van der Waals surface area (Å²) in [6.45, 7) is 1.86. The van der Waals surface area contributed by atoms with E-state index in [1.165, 1.54) is 28.6 Å². The van der Waals surface area contributed by atoms with Crippen LogP contribution in [0.2, 0.25) is 0 Å². The second kappa shape index (κ2) is 8.27. The molecule has 0 radical (unpaired) electrons. The molecule has 4 rings (SSSR count). The Morgan fingerprint density at radius 2 is 1.53 bits per heavy atom. The van der Waals surface area contributed by atoms with Crippen LogP contribution in [0.5, 0.6) is 0 Å². The number of nitrogens with one attached hydrogen (secondary N) is 1. The zero-order valence-corrected chi connectivity index (χ0v) is 18.7. The summed E-state index contributed by atoms with van der Waals surface area (Å²) in [4.78, 5) is -0.184. The van der Waals surface area contributed by atoms with Crippen molar-refractivity contribution >= 4 is 25.7 Å². The maximum Gasteiger partial charge on any atom is 0.262 e. The quantitative estimate of drug-likeness (QED) is 0.604. The number of hydrogen-bond acceptors (Lipinski definition) is 4. The van der Waals surface area contributed by atoms with Gasteiger partial charge in [0.2, 0.25) is 10.0 Å². The smallest absolute Gasteiger partial charge is 0.262 e. The van der Waals surface area contributed by atoms with Crippen molar-refractivity contribution in [2.24, 2.45) is 0 Å². The Balaban J connectivity index is 1.60. The van der Waals surface area contributed by atoms with E-state index < -0.39 is 31.7 Å². The molecule has 0 saturated heterocycles. The molecule has 3 aromatic carbocycles. The fourth-order valence-electron chi connectivity index (χ4n) is 3.63. The van der Waals surface area contributed by atoms with Crippen molar-refractivity contribution in [1.29, 1.82) is 0 Å². The highest BCUT2D eigenvalue weighted by atomic mass is 32.2. The second-order valence-corrected chi connectivity index (χ2v) is 11.1. The van der Waals surface area contributed by atoms with Crippen LogP contribution in [0.3, 0.4) is 0 Å². The third kappa shape index (κ3) is 4.38. The van der Waals surface area contributed by atoms with Crippen LogP contribution in [0.15, 0.2) is 70.5 Å². The summed E-state index contributed by atoms with van der Waals surface area (Å²) in [5.74, 6) is -1.19. The molecule has 1 aliphatic rings. The van der Waals surface area contributed by atoms with Gasteiger partial charge >= 0.3 is 0 Å². The number of hydrogen-bond donors (Lipinski definition) is 1. The molecule has 32 heavy (non-hydrogen) atoms. The minimum atomic E-state index is -4.04. The lowest BCUT2D eigenvalue weighted by Crippen LogP contribution is -2.36. The maximum absolute atomic E-state index is 13.6. The number of nitrogens with zero attached hydrogens (tertiary/aromatic N) is 1. The van der Waals surface area contributed by atoms with Gasteiger partial charge in [-0.2, -0.15) is 4.31 Å². The zero-order chi connectivity index (χ0) is 23.1. The highest BCUT2D eigenvalue weighted by Crippen LogP contribution is 2.28. The van der Waals surface area contributed by atoms with E-state index in [0.717, 1.165) is 23.8 Å². The van der Waals surface area contributed by atoms with Crippen LogP contribution in [0.1, 0.15) is 16.7 Å². The summed E-state index contributed by atoms with van der Waals surface area (Å²) in [5.41, 5.74) is 2.19. The Hall–Kier alpha value is -2.82. The molecule has 0 fully saturated rings. The first-order chi connectivity index (χ1) is 15.1. The monoisotopic (exact) mass is 478 g/mol. The minimum Gasteiger partial charge on any atom is -0.280 e. The number of benzene rings is 3. The van der Waals surface area contributed by atoms with Gasteiger partial charge in [0.1, 0.15) is 11.6 Å². The summed E-state index contributed by atoms with van der Waals surface area (Å²) in [6, 6.07) is 13.0. The maximum atomic E-state index is 13.6. The zero-order valence-electron chi connectivity index (χ0n) is 17.0. The molecular weight excluding hydrogens is 458 g/mol. The number of rotatable bonds is 5. The minimum absolute atomic E-state index is 0.0132. The number of anilines is 1. The Morgan fingerprint density at radius 1 is 0.844 bits per heavy atom. The van der Waals surface area contributed by atoms with Crippen LogP contribution < -0.4 is 4.72 Å². The number of fused-ring (bicyclic) bond motifs is 1. The van der Waals surface area contributed by atoms with E-state index in [-0.39, 0.29) is 28.6 Å². The second-order valence-electron chi connectivity index (χ2n) is 7.54. The van der Waals surface area contributed by atoms with Gasteiger partial charge in [-0.25, -0.2) is 25.6 Å². The van der Waals surface area contributed by atoms with Crippen molar-refractivity contribution < 1.29 is 25.6 Å². The number of aryl methyl sites for hydroxylation is 1. The predicted molar refractivity (Wildman–Crippen MR) is 116 cm³/mol. The number of halogens is 2. The molecule has 1 heterocycles. The summed E-state index contributed by atoms with van der Waals surface area (Å²) in [7, 11) is -7.88. The van der Waals surface area contributed by atoms with Crippen molar-refractivity contribution in [3.8, 4) is 0 Å². The summed E-state index contributed by atoms with van der Waals surface area (Å²) in [5, 5.41) is 0. The standard InChI is InChI=1S/C22H20F2N2O4S2/c1-15-2-4-19(24)13-22(15)31(27,28)25-20-7-3-16-10-11-26(14-17(16)12-20)32(29,30)21-8-5-18(23)6-9-21/h2-9,12-13,25H,10-11,14H2,1H3. The summed E-state index contributed by atoms with van der Waals surface area (Å²) < 4.78 is 81.9. The lowest BCUT2D eigenvalue weighted by atomic mass is 10.0. The molecule has 0 aromatic heterocycles. The van der Waals surface area contributed by atoms with E-state index in [2.05, 4.69) is 4.72 Å². The molecule has 168 valence electrons. The lowest BCUT2D eigenvalue weighted by Gasteiger charge is -2.28. The molecule has 1 aliphatic heterocycles. The third-order valence-electron chi connectivity index (χ3n) is 5.33. The molecular formula is C22H20F2N2O4S2. The molecule has 0 unspecified atom stereocenters. The third-order valence-corrected chi connectivity index (χ3v) is 8.71. The van der Waals surface area contributed by atoms with Gasteiger partial charge in [0.15, 0.2) is 0 Å². The van der Waals surface area contributed by atoms with E-state index >= 15 is 0 Å². The fourth-order valence-corrected chi connectivity index (χ4v) is 6.35. The van der Waals surface area contributed by atoms with Gasteiger partial charge in [-0.05, 0) is 78.6 Å².